The second-order valence-electron chi connectivity index (χ2n) is 3.12. The maximum Gasteiger partial charge on any atom is 0.176 e. The van der Waals surface area contributed by atoms with Crippen LogP contribution in [-0.4, -0.2) is 24.0 Å². The van der Waals surface area contributed by atoms with E-state index in [-0.39, 0.29) is 0 Å². The minimum absolute atomic E-state index is 0.441. The summed E-state index contributed by atoms with van der Waals surface area (Å²) in [6.45, 7) is 0. The molecule has 0 saturated heterocycles. The van der Waals surface area contributed by atoms with Crippen LogP contribution in [0.3, 0.4) is 0 Å². The molecule has 2 aromatic rings. The Balaban J connectivity index is 2.45. The molecule has 0 aliphatic carbocycles. The van der Waals surface area contributed by atoms with Gasteiger partial charge in [-0.25, -0.2) is 4.68 Å². The molecular formula is C11H11ClN2O2. The fraction of sp³-hybridized carbons (Fsp3) is 0.182. The fourth-order valence-electron chi connectivity index (χ4n) is 1.38. The average Bonchev–Trinajstić information content (AvgIpc) is 2.70. The van der Waals surface area contributed by atoms with Crippen molar-refractivity contribution in [2.45, 2.75) is 0 Å². The number of benzene rings is 1. The molecule has 0 unspecified atom stereocenters. The van der Waals surface area contributed by atoms with E-state index in [1.807, 2.05) is 24.3 Å². The SMILES string of the molecule is COc1cccc(-n2ncc(OC)c2Cl)c1. The third-order valence-corrected chi connectivity index (χ3v) is 2.54. The highest BCUT2D eigenvalue weighted by atomic mass is 35.5. The summed E-state index contributed by atoms with van der Waals surface area (Å²) < 4.78 is 11.8. The zero-order chi connectivity index (χ0) is 11.5. The van der Waals surface area contributed by atoms with Crippen LogP contribution in [0.15, 0.2) is 30.5 Å². The molecular weight excluding hydrogens is 228 g/mol. The van der Waals surface area contributed by atoms with E-state index in [9.17, 15) is 0 Å². The lowest BCUT2D eigenvalue weighted by molar-refractivity contribution is 0.413. The Kier molecular flexibility index (Phi) is 3.01. The molecule has 1 aromatic heterocycles. The molecule has 0 aliphatic heterocycles. The topological polar surface area (TPSA) is 36.3 Å². The molecule has 1 heterocycles. The molecule has 0 atom stereocenters. The monoisotopic (exact) mass is 238 g/mol. The Morgan fingerprint density at radius 1 is 1.25 bits per heavy atom. The highest BCUT2D eigenvalue weighted by Crippen LogP contribution is 2.27. The average molecular weight is 239 g/mol. The molecule has 4 nitrogen and oxygen atoms in total. The Hall–Kier alpha value is -1.68. The lowest BCUT2D eigenvalue weighted by Crippen LogP contribution is -1.96. The van der Waals surface area contributed by atoms with Gasteiger partial charge in [0.05, 0.1) is 26.1 Å². The molecule has 84 valence electrons. The summed E-state index contributed by atoms with van der Waals surface area (Å²) in [4.78, 5) is 0. The minimum atomic E-state index is 0.441. The van der Waals surface area contributed by atoms with Gasteiger partial charge >= 0.3 is 0 Å². The molecule has 0 amide bonds. The van der Waals surface area contributed by atoms with Gasteiger partial charge in [0, 0.05) is 6.07 Å². The normalized spacial score (nSPS) is 10.2. The number of nitrogens with zero attached hydrogens (tertiary/aromatic N) is 2. The van der Waals surface area contributed by atoms with E-state index < -0.39 is 0 Å². The number of rotatable bonds is 3. The van der Waals surface area contributed by atoms with Crippen molar-refractivity contribution in [1.29, 1.82) is 0 Å². The van der Waals surface area contributed by atoms with Gasteiger partial charge in [-0.3, -0.25) is 0 Å². The van der Waals surface area contributed by atoms with Crippen LogP contribution in [-0.2, 0) is 0 Å². The first-order valence-electron chi connectivity index (χ1n) is 4.68. The number of ether oxygens (including phenoxy) is 2. The molecule has 0 bridgehead atoms. The quantitative estimate of drug-likeness (QED) is 0.825. The molecule has 0 radical (unpaired) electrons. The van der Waals surface area contributed by atoms with Gasteiger partial charge < -0.3 is 9.47 Å². The van der Waals surface area contributed by atoms with Gasteiger partial charge in [0.25, 0.3) is 0 Å². The van der Waals surface area contributed by atoms with Crippen molar-refractivity contribution in [1.82, 2.24) is 9.78 Å². The molecule has 0 fully saturated rings. The number of hydrogen-bond donors (Lipinski definition) is 0. The smallest absolute Gasteiger partial charge is 0.176 e. The van der Waals surface area contributed by atoms with E-state index in [1.54, 1.807) is 25.1 Å². The van der Waals surface area contributed by atoms with E-state index in [0.29, 0.717) is 10.9 Å². The van der Waals surface area contributed by atoms with Gasteiger partial charge in [-0.05, 0) is 12.1 Å². The lowest BCUT2D eigenvalue weighted by atomic mass is 10.3. The van der Waals surface area contributed by atoms with Gasteiger partial charge in [0.1, 0.15) is 5.75 Å². The summed E-state index contributed by atoms with van der Waals surface area (Å²) in [5.74, 6) is 1.30. The fourth-order valence-corrected chi connectivity index (χ4v) is 1.64. The second kappa shape index (κ2) is 4.45. The molecule has 2 rings (SSSR count). The van der Waals surface area contributed by atoms with Gasteiger partial charge in [-0.15, -0.1) is 0 Å². The summed E-state index contributed by atoms with van der Waals surface area (Å²) in [6, 6.07) is 7.47. The maximum atomic E-state index is 6.09. The summed E-state index contributed by atoms with van der Waals surface area (Å²) in [6.07, 6.45) is 1.57. The van der Waals surface area contributed by atoms with Gasteiger partial charge in [-0.2, -0.15) is 5.10 Å². The van der Waals surface area contributed by atoms with Crippen molar-refractivity contribution in [3.63, 3.8) is 0 Å². The predicted molar refractivity (Wildman–Crippen MR) is 61.7 cm³/mol. The van der Waals surface area contributed by atoms with E-state index in [0.717, 1.165) is 11.4 Å². The molecule has 5 heteroatoms. The Labute approximate surface area is 98.4 Å². The molecule has 0 N–H and O–H groups in total. The summed E-state index contributed by atoms with van der Waals surface area (Å²) in [5, 5.41) is 4.58. The van der Waals surface area contributed by atoms with Crippen LogP contribution in [0, 0.1) is 0 Å². The maximum absolute atomic E-state index is 6.09. The molecule has 1 aromatic carbocycles. The van der Waals surface area contributed by atoms with E-state index in [1.165, 1.54) is 0 Å². The zero-order valence-electron chi connectivity index (χ0n) is 8.98. The van der Waals surface area contributed by atoms with Crippen LogP contribution in [0.2, 0.25) is 5.15 Å². The van der Waals surface area contributed by atoms with Crippen LogP contribution in [0.5, 0.6) is 11.5 Å². The molecule has 0 aliphatic rings. The van der Waals surface area contributed by atoms with Gasteiger partial charge in [0.15, 0.2) is 10.9 Å². The number of aromatic nitrogens is 2. The number of methoxy groups -OCH3 is 2. The highest BCUT2D eigenvalue weighted by Gasteiger charge is 2.10. The lowest BCUT2D eigenvalue weighted by Gasteiger charge is -2.05. The summed E-state index contributed by atoms with van der Waals surface area (Å²) in [7, 11) is 3.17. The van der Waals surface area contributed by atoms with Crippen LogP contribution < -0.4 is 9.47 Å². The summed E-state index contributed by atoms with van der Waals surface area (Å²) >= 11 is 6.09. The van der Waals surface area contributed by atoms with Crippen molar-refractivity contribution < 1.29 is 9.47 Å². The van der Waals surface area contributed by atoms with Crippen molar-refractivity contribution in [2.24, 2.45) is 0 Å². The van der Waals surface area contributed by atoms with Crippen LogP contribution >= 0.6 is 11.6 Å². The van der Waals surface area contributed by atoms with Gasteiger partial charge in [-0.1, -0.05) is 17.7 Å². The van der Waals surface area contributed by atoms with Gasteiger partial charge in [0.2, 0.25) is 0 Å². The molecule has 0 saturated carbocycles. The van der Waals surface area contributed by atoms with Crippen molar-refractivity contribution in [2.75, 3.05) is 14.2 Å². The first-order valence-corrected chi connectivity index (χ1v) is 5.06. The van der Waals surface area contributed by atoms with Crippen LogP contribution in [0.4, 0.5) is 0 Å². The predicted octanol–water partition coefficient (Wildman–Crippen LogP) is 2.54. The van der Waals surface area contributed by atoms with Crippen LogP contribution in [0.25, 0.3) is 5.69 Å². The first-order chi connectivity index (χ1) is 7.76. The largest absolute Gasteiger partial charge is 0.497 e. The highest BCUT2D eigenvalue weighted by molar-refractivity contribution is 6.31. The standard InChI is InChI=1S/C11H11ClN2O2/c1-15-9-5-3-4-8(6-9)14-11(12)10(16-2)7-13-14/h3-7H,1-2H3. The second-order valence-corrected chi connectivity index (χ2v) is 3.48. The van der Waals surface area contributed by atoms with Crippen molar-refractivity contribution in [3.8, 4) is 17.2 Å². The van der Waals surface area contributed by atoms with Crippen molar-refractivity contribution >= 4 is 11.6 Å². The number of halogens is 1. The molecule has 0 spiro atoms. The van der Waals surface area contributed by atoms with E-state index in [4.69, 9.17) is 21.1 Å². The first kappa shape index (κ1) is 10.8. The van der Waals surface area contributed by atoms with E-state index in [2.05, 4.69) is 5.10 Å². The number of hydrogen-bond acceptors (Lipinski definition) is 3. The Morgan fingerprint density at radius 2 is 2.06 bits per heavy atom. The third kappa shape index (κ3) is 1.84. The summed E-state index contributed by atoms with van der Waals surface area (Å²) in [5.41, 5.74) is 0.827. The Morgan fingerprint density at radius 3 is 2.69 bits per heavy atom. The third-order valence-electron chi connectivity index (χ3n) is 2.20. The zero-order valence-corrected chi connectivity index (χ0v) is 9.73. The Bertz CT molecular complexity index is 496. The van der Waals surface area contributed by atoms with E-state index >= 15 is 0 Å². The minimum Gasteiger partial charge on any atom is -0.497 e. The molecule has 16 heavy (non-hydrogen) atoms. The van der Waals surface area contributed by atoms with Crippen molar-refractivity contribution in [3.05, 3.63) is 35.6 Å². The van der Waals surface area contributed by atoms with Crippen LogP contribution in [0.1, 0.15) is 0 Å².